The van der Waals surface area contributed by atoms with E-state index in [4.69, 9.17) is 22.1 Å². The number of anilines is 1. The molecule has 1 aromatic rings. The molecule has 0 bridgehead atoms. The third-order valence-corrected chi connectivity index (χ3v) is 4.49. The second-order valence-electron chi connectivity index (χ2n) is 4.47. The highest BCUT2D eigenvalue weighted by atomic mass is 35.5. The first kappa shape index (κ1) is 14.5. The van der Waals surface area contributed by atoms with Crippen molar-refractivity contribution in [2.45, 2.75) is 17.9 Å². The summed E-state index contributed by atoms with van der Waals surface area (Å²) in [4.78, 5) is 14.7. The summed E-state index contributed by atoms with van der Waals surface area (Å²) in [6, 6.07) is 5.37. The lowest BCUT2D eigenvalue weighted by atomic mass is 10.3. The highest BCUT2D eigenvalue weighted by Crippen LogP contribution is 2.32. The number of nitrogen functional groups attached to an aromatic ring is 1. The summed E-state index contributed by atoms with van der Waals surface area (Å²) in [5.41, 5.74) is 6.47. The number of amides is 1. The number of nitrogens with two attached hydrogens (primary N) is 1. The van der Waals surface area contributed by atoms with Crippen LogP contribution < -0.4 is 5.73 Å². The minimum Gasteiger partial charge on any atom is -0.398 e. The summed E-state index contributed by atoms with van der Waals surface area (Å²) >= 11 is 7.46. The fourth-order valence-corrected chi connectivity index (χ4v) is 3.18. The standard InChI is InChI=1S/C13H17ClN2O2S/c1-9-7-16(5-6-18-9)12(17)8-19-13-10(14)3-2-4-11(13)15/h2-4,9H,5-8,15H2,1H3. The quantitative estimate of drug-likeness (QED) is 0.687. The van der Waals surface area contributed by atoms with Crippen molar-refractivity contribution in [3.8, 4) is 0 Å². The third-order valence-electron chi connectivity index (χ3n) is 2.93. The number of thioether (sulfide) groups is 1. The summed E-state index contributed by atoms with van der Waals surface area (Å²) in [6.07, 6.45) is 0.105. The SMILES string of the molecule is CC1CN(C(=O)CSc2c(N)cccc2Cl)CCO1. The molecule has 2 N–H and O–H groups in total. The van der Waals surface area contributed by atoms with Gasteiger partial charge in [-0.15, -0.1) is 11.8 Å². The van der Waals surface area contributed by atoms with E-state index in [1.165, 1.54) is 11.8 Å². The van der Waals surface area contributed by atoms with Gasteiger partial charge in [0.2, 0.25) is 5.91 Å². The Kier molecular flexibility index (Phi) is 4.96. The predicted octanol–water partition coefficient (Wildman–Crippen LogP) is 2.26. The lowest BCUT2D eigenvalue weighted by Gasteiger charge is -2.31. The molecule has 0 aliphatic carbocycles. The van der Waals surface area contributed by atoms with Gasteiger partial charge < -0.3 is 15.4 Å². The zero-order chi connectivity index (χ0) is 13.8. The Labute approximate surface area is 122 Å². The van der Waals surface area contributed by atoms with Gasteiger partial charge in [-0.3, -0.25) is 4.79 Å². The van der Waals surface area contributed by atoms with Crippen LogP contribution in [0.3, 0.4) is 0 Å². The number of carbonyl (C=O) groups excluding carboxylic acids is 1. The van der Waals surface area contributed by atoms with E-state index < -0.39 is 0 Å². The Morgan fingerprint density at radius 1 is 1.63 bits per heavy atom. The van der Waals surface area contributed by atoms with Crippen LogP contribution in [0.25, 0.3) is 0 Å². The van der Waals surface area contributed by atoms with Gasteiger partial charge in [-0.25, -0.2) is 0 Å². The van der Waals surface area contributed by atoms with Crippen LogP contribution in [0, 0.1) is 0 Å². The summed E-state index contributed by atoms with van der Waals surface area (Å²) < 4.78 is 5.42. The number of carbonyl (C=O) groups is 1. The van der Waals surface area contributed by atoms with Crippen LogP contribution in [-0.4, -0.2) is 42.4 Å². The molecule has 0 radical (unpaired) electrons. The van der Waals surface area contributed by atoms with E-state index in [1.54, 1.807) is 18.2 Å². The van der Waals surface area contributed by atoms with Gasteiger partial charge in [0.1, 0.15) is 0 Å². The van der Waals surface area contributed by atoms with Crippen LogP contribution >= 0.6 is 23.4 Å². The molecule has 4 nitrogen and oxygen atoms in total. The summed E-state index contributed by atoms with van der Waals surface area (Å²) in [6.45, 7) is 3.88. The first-order valence-electron chi connectivity index (χ1n) is 6.14. The predicted molar refractivity (Wildman–Crippen MR) is 78.6 cm³/mol. The van der Waals surface area contributed by atoms with Crippen LogP contribution in [0.4, 0.5) is 5.69 Å². The number of halogens is 1. The average Bonchev–Trinajstić information content (AvgIpc) is 2.38. The van der Waals surface area contributed by atoms with Gasteiger partial charge in [-0.05, 0) is 19.1 Å². The maximum absolute atomic E-state index is 12.1. The van der Waals surface area contributed by atoms with Crippen LogP contribution in [0.15, 0.2) is 23.1 Å². The van der Waals surface area contributed by atoms with E-state index in [0.29, 0.717) is 36.2 Å². The van der Waals surface area contributed by atoms with Crippen molar-refractivity contribution in [3.63, 3.8) is 0 Å². The maximum Gasteiger partial charge on any atom is 0.233 e. The topological polar surface area (TPSA) is 55.6 Å². The molecule has 2 rings (SSSR count). The van der Waals surface area contributed by atoms with Crippen molar-refractivity contribution in [2.24, 2.45) is 0 Å². The minimum absolute atomic E-state index is 0.0967. The number of ether oxygens (including phenoxy) is 1. The zero-order valence-corrected chi connectivity index (χ0v) is 12.3. The van der Waals surface area contributed by atoms with Gasteiger partial charge >= 0.3 is 0 Å². The van der Waals surface area contributed by atoms with Crippen molar-refractivity contribution in [1.82, 2.24) is 4.90 Å². The maximum atomic E-state index is 12.1. The Balaban J connectivity index is 1.93. The average molecular weight is 301 g/mol. The first-order chi connectivity index (χ1) is 9.08. The zero-order valence-electron chi connectivity index (χ0n) is 10.8. The Bertz CT molecular complexity index is 450. The van der Waals surface area contributed by atoms with E-state index in [0.717, 1.165) is 4.90 Å². The molecular formula is C13H17ClN2O2S. The highest BCUT2D eigenvalue weighted by Gasteiger charge is 2.21. The minimum atomic E-state index is 0.0967. The van der Waals surface area contributed by atoms with Crippen molar-refractivity contribution in [2.75, 3.05) is 31.2 Å². The van der Waals surface area contributed by atoms with Crippen LogP contribution in [-0.2, 0) is 9.53 Å². The molecule has 6 heteroatoms. The second-order valence-corrected chi connectivity index (χ2v) is 5.86. The number of morpholine rings is 1. The lowest BCUT2D eigenvalue weighted by Crippen LogP contribution is -2.45. The van der Waals surface area contributed by atoms with Crippen molar-refractivity contribution < 1.29 is 9.53 Å². The summed E-state index contributed by atoms with van der Waals surface area (Å²) in [5, 5.41) is 0.591. The van der Waals surface area contributed by atoms with Crippen molar-refractivity contribution in [1.29, 1.82) is 0 Å². The van der Waals surface area contributed by atoms with Crippen molar-refractivity contribution >= 4 is 35.0 Å². The molecule has 1 aromatic carbocycles. The van der Waals surface area contributed by atoms with Crippen LogP contribution in [0.1, 0.15) is 6.92 Å². The van der Waals surface area contributed by atoms with Gasteiger partial charge in [0, 0.05) is 23.7 Å². The molecule has 1 amide bonds. The molecule has 0 aromatic heterocycles. The molecule has 19 heavy (non-hydrogen) atoms. The van der Waals surface area contributed by atoms with E-state index in [-0.39, 0.29) is 12.0 Å². The second kappa shape index (κ2) is 6.50. The van der Waals surface area contributed by atoms with Crippen LogP contribution in [0.5, 0.6) is 0 Å². The van der Waals surface area contributed by atoms with Gasteiger partial charge in [0.05, 0.1) is 23.5 Å². The number of nitrogens with zero attached hydrogens (tertiary/aromatic N) is 1. The molecular weight excluding hydrogens is 284 g/mol. The van der Waals surface area contributed by atoms with Gasteiger partial charge in [0.25, 0.3) is 0 Å². The normalized spacial score (nSPS) is 19.5. The van der Waals surface area contributed by atoms with E-state index in [2.05, 4.69) is 0 Å². The molecule has 1 aliphatic heterocycles. The van der Waals surface area contributed by atoms with Crippen LogP contribution in [0.2, 0.25) is 5.02 Å². The molecule has 1 heterocycles. The van der Waals surface area contributed by atoms with Gasteiger partial charge in [0.15, 0.2) is 0 Å². The van der Waals surface area contributed by atoms with E-state index in [1.807, 2.05) is 11.8 Å². The Morgan fingerprint density at radius 3 is 3.11 bits per heavy atom. The lowest BCUT2D eigenvalue weighted by molar-refractivity contribution is -0.135. The monoisotopic (exact) mass is 300 g/mol. The molecule has 0 saturated carbocycles. The number of rotatable bonds is 3. The summed E-state index contributed by atoms with van der Waals surface area (Å²) in [5.74, 6) is 0.445. The third kappa shape index (κ3) is 3.78. The first-order valence-corrected chi connectivity index (χ1v) is 7.50. The fraction of sp³-hybridized carbons (Fsp3) is 0.462. The van der Waals surface area contributed by atoms with Crippen molar-refractivity contribution in [3.05, 3.63) is 23.2 Å². The van der Waals surface area contributed by atoms with E-state index in [9.17, 15) is 4.79 Å². The number of benzene rings is 1. The molecule has 1 fully saturated rings. The molecule has 1 unspecified atom stereocenters. The molecule has 104 valence electrons. The molecule has 0 spiro atoms. The number of hydrogen-bond acceptors (Lipinski definition) is 4. The summed E-state index contributed by atoms with van der Waals surface area (Å²) in [7, 11) is 0. The number of hydrogen-bond donors (Lipinski definition) is 1. The highest BCUT2D eigenvalue weighted by molar-refractivity contribution is 8.00. The Hall–Kier alpha value is -0.910. The molecule has 1 saturated heterocycles. The molecule has 1 atom stereocenters. The fourth-order valence-electron chi connectivity index (χ4n) is 1.95. The van der Waals surface area contributed by atoms with E-state index >= 15 is 0 Å². The largest absolute Gasteiger partial charge is 0.398 e. The van der Waals surface area contributed by atoms with Gasteiger partial charge in [-0.1, -0.05) is 17.7 Å². The Morgan fingerprint density at radius 2 is 2.42 bits per heavy atom. The van der Waals surface area contributed by atoms with Gasteiger partial charge in [-0.2, -0.15) is 0 Å². The smallest absolute Gasteiger partial charge is 0.233 e. The molecule has 1 aliphatic rings.